The van der Waals surface area contributed by atoms with E-state index in [0.29, 0.717) is 18.8 Å². The molecule has 0 bridgehead atoms. The highest BCUT2D eigenvalue weighted by Crippen LogP contribution is 2.27. The van der Waals surface area contributed by atoms with Gasteiger partial charge in [0.1, 0.15) is 23.4 Å². The number of benzene rings is 1. The summed E-state index contributed by atoms with van der Waals surface area (Å²) < 4.78 is 27.7. The van der Waals surface area contributed by atoms with Gasteiger partial charge in [-0.25, -0.2) is 8.78 Å². The molecule has 0 aliphatic carbocycles. The summed E-state index contributed by atoms with van der Waals surface area (Å²) in [6.07, 6.45) is 2.56. The van der Waals surface area contributed by atoms with E-state index in [-0.39, 0.29) is 18.1 Å². The van der Waals surface area contributed by atoms with Crippen LogP contribution in [0.5, 0.6) is 0 Å². The maximum absolute atomic E-state index is 13.8. The molecule has 2 N–H and O–H groups in total. The van der Waals surface area contributed by atoms with E-state index >= 15 is 0 Å². The monoisotopic (exact) mass is 337 g/mol. The molecule has 2 aliphatic rings. The Balaban J connectivity index is 1.57. The van der Waals surface area contributed by atoms with Crippen molar-refractivity contribution in [3.63, 3.8) is 0 Å². The fourth-order valence-electron chi connectivity index (χ4n) is 3.35. The van der Waals surface area contributed by atoms with Gasteiger partial charge in [0, 0.05) is 13.0 Å². The van der Waals surface area contributed by atoms with E-state index in [2.05, 4.69) is 10.6 Å². The Kier molecular flexibility index (Phi) is 5.08. The third kappa shape index (κ3) is 3.56. The summed E-state index contributed by atoms with van der Waals surface area (Å²) in [5.74, 6) is -1.70. The average Bonchev–Trinajstić information content (AvgIpc) is 3.18. The topological polar surface area (TPSA) is 61.4 Å². The second-order valence-corrected chi connectivity index (χ2v) is 6.37. The number of carbonyl (C=O) groups excluding carboxylic acids is 2. The van der Waals surface area contributed by atoms with E-state index in [1.54, 1.807) is 0 Å². The molecule has 24 heavy (non-hydrogen) atoms. The van der Waals surface area contributed by atoms with Crippen LogP contribution in [0, 0.1) is 17.6 Å². The Morgan fingerprint density at radius 1 is 1.29 bits per heavy atom. The molecular weight excluding hydrogens is 316 g/mol. The van der Waals surface area contributed by atoms with Gasteiger partial charge in [0.25, 0.3) is 0 Å². The van der Waals surface area contributed by atoms with Crippen LogP contribution in [0.1, 0.15) is 25.7 Å². The number of para-hydroxylation sites is 1. The van der Waals surface area contributed by atoms with Gasteiger partial charge in [0.15, 0.2) is 0 Å². The molecule has 0 spiro atoms. The van der Waals surface area contributed by atoms with Crippen LogP contribution in [0.25, 0.3) is 0 Å². The van der Waals surface area contributed by atoms with Crippen molar-refractivity contribution in [2.24, 2.45) is 5.92 Å². The van der Waals surface area contributed by atoms with E-state index in [0.717, 1.165) is 43.0 Å². The van der Waals surface area contributed by atoms with E-state index in [4.69, 9.17) is 0 Å². The number of hydrogen-bond donors (Lipinski definition) is 2. The minimum atomic E-state index is -0.774. The van der Waals surface area contributed by atoms with Crippen LogP contribution in [0.3, 0.4) is 0 Å². The van der Waals surface area contributed by atoms with Crippen molar-refractivity contribution in [3.8, 4) is 0 Å². The van der Waals surface area contributed by atoms with Crippen LogP contribution in [0.4, 0.5) is 14.5 Å². The maximum Gasteiger partial charge on any atom is 0.249 e. The summed E-state index contributed by atoms with van der Waals surface area (Å²) >= 11 is 0. The first-order valence-corrected chi connectivity index (χ1v) is 8.31. The number of nitrogens with zero attached hydrogens (tertiary/aromatic N) is 1. The lowest BCUT2D eigenvalue weighted by Crippen LogP contribution is -2.42. The highest BCUT2D eigenvalue weighted by atomic mass is 19.1. The molecule has 3 rings (SSSR count). The van der Waals surface area contributed by atoms with Gasteiger partial charge in [-0.2, -0.15) is 0 Å². The van der Waals surface area contributed by atoms with Crippen LogP contribution in [-0.2, 0) is 9.59 Å². The van der Waals surface area contributed by atoms with Crippen LogP contribution in [0.2, 0.25) is 0 Å². The number of halogens is 2. The Hall–Kier alpha value is -2.02. The molecule has 2 atom stereocenters. The van der Waals surface area contributed by atoms with Crippen molar-refractivity contribution in [3.05, 3.63) is 29.8 Å². The van der Waals surface area contributed by atoms with Gasteiger partial charge in [-0.3, -0.25) is 9.59 Å². The maximum atomic E-state index is 13.8. The van der Waals surface area contributed by atoms with Crippen molar-refractivity contribution in [1.29, 1.82) is 0 Å². The first-order valence-electron chi connectivity index (χ1n) is 8.31. The molecule has 2 aliphatic heterocycles. The molecule has 2 unspecified atom stereocenters. The third-order valence-corrected chi connectivity index (χ3v) is 4.69. The Bertz CT molecular complexity index is 612. The van der Waals surface area contributed by atoms with Gasteiger partial charge in [0.2, 0.25) is 11.8 Å². The molecule has 2 fully saturated rings. The minimum absolute atomic E-state index is 0.184. The zero-order valence-corrected chi connectivity index (χ0v) is 13.4. The van der Waals surface area contributed by atoms with E-state index in [1.807, 2.05) is 0 Å². The second kappa shape index (κ2) is 7.25. The zero-order valence-electron chi connectivity index (χ0n) is 13.4. The van der Waals surface area contributed by atoms with Crippen molar-refractivity contribution < 1.29 is 18.4 Å². The summed E-state index contributed by atoms with van der Waals surface area (Å²) in [6.45, 7) is 2.10. The van der Waals surface area contributed by atoms with Crippen LogP contribution in [-0.4, -0.2) is 37.5 Å². The fourth-order valence-corrected chi connectivity index (χ4v) is 3.35. The second-order valence-electron chi connectivity index (χ2n) is 6.37. The molecule has 5 nitrogen and oxygen atoms in total. The van der Waals surface area contributed by atoms with E-state index in [1.165, 1.54) is 6.07 Å². The number of hydrogen-bond acceptors (Lipinski definition) is 3. The van der Waals surface area contributed by atoms with Gasteiger partial charge in [0.05, 0.1) is 0 Å². The van der Waals surface area contributed by atoms with E-state index in [9.17, 15) is 18.4 Å². The predicted molar refractivity (Wildman–Crippen MR) is 85.5 cm³/mol. The molecule has 0 aromatic heterocycles. The standard InChI is InChI=1S/C17H21F2N3O2/c18-12-2-1-3-13(19)16(12)22-9-7-14(17(22)24)21-15(23)5-4-11-6-8-20-10-11/h1-3,11,14,20H,4-10H2,(H,21,23). The molecule has 1 aromatic rings. The molecule has 1 aromatic carbocycles. The summed E-state index contributed by atoms with van der Waals surface area (Å²) in [6, 6.07) is 2.78. The highest BCUT2D eigenvalue weighted by Gasteiger charge is 2.36. The molecule has 2 amide bonds. The van der Waals surface area contributed by atoms with Gasteiger partial charge in [-0.1, -0.05) is 6.07 Å². The van der Waals surface area contributed by atoms with Crippen molar-refractivity contribution in [2.45, 2.75) is 31.7 Å². The Labute approximate surface area is 139 Å². The van der Waals surface area contributed by atoms with Crippen LogP contribution < -0.4 is 15.5 Å². The van der Waals surface area contributed by atoms with Gasteiger partial charge < -0.3 is 15.5 Å². The number of anilines is 1. The smallest absolute Gasteiger partial charge is 0.249 e. The summed E-state index contributed by atoms with van der Waals surface area (Å²) in [7, 11) is 0. The minimum Gasteiger partial charge on any atom is -0.344 e. The number of rotatable bonds is 5. The number of nitrogens with one attached hydrogen (secondary N) is 2. The summed E-state index contributed by atoms with van der Waals surface area (Å²) in [4.78, 5) is 25.5. The summed E-state index contributed by atoms with van der Waals surface area (Å²) in [5.41, 5.74) is -0.337. The van der Waals surface area contributed by atoms with Crippen molar-refractivity contribution in [2.75, 3.05) is 24.5 Å². The molecule has 2 saturated heterocycles. The highest BCUT2D eigenvalue weighted by molar-refractivity contribution is 6.01. The molecule has 130 valence electrons. The lowest BCUT2D eigenvalue weighted by molar-refractivity contribution is -0.126. The third-order valence-electron chi connectivity index (χ3n) is 4.69. The first kappa shape index (κ1) is 16.8. The SMILES string of the molecule is O=C(CCC1CCNC1)NC1CCN(c2c(F)cccc2F)C1=O. The summed E-state index contributed by atoms with van der Waals surface area (Å²) in [5, 5.41) is 5.94. The zero-order chi connectivity index (χ0) is 17.1. The lowest BCUT2D eigenvalue weighted by Gasteiger charge is -2.18. The predicted octanol–water partition coefficient (Wildman–Crippen LogP) is 1.58. The number of amides is 2. The van der Waals surface area contributed by atoms with E-state index < -0.39 is 23.6 Å². The molecule has 2 heterocycles. The molecular formula is C17H21F2N3O2. The number of carbonyl (C=O) groups is 2. The van der Waals surface area contributed by atoms with Crippen molar-refractivity contribution >= 4 is 17.5 Å². The quantitative estimate of drug-likeness (QED) is 0.857. The largest absolute Gasteiger partial charge is 0.344 e. The Morgan fingerprint density at radius 2 is 2.04 bits per heavy atom. The van der Waals surface area contributed by atoms with Gasteiger partial charge in [-0.15, -0.1) is 0 Å². The lowest BCUT2D eigenvalue weighted by atomic mass is 10.0. The van der Waals surface area contributed by atoms with Crippen LogP contribution >= 0.6 is 0 Å². The van der Waals surface area contributed by atoms with Crippen molar-refractivity contribution in [1.82, 2.24) is 10.6 Å². The molecule has 0 saturated carbocycles. The van der Waals surface area contributed by atoms with Gasteiger partial charge >= 0.3 is 0 Å². The van der Waals surface area contributed by atoms with Gasteiger partial charge in [-0.05, 0) is 50.4 Å². The average molecular weight is 337 g/mol. The Morgan fingerprint density at radius 3 is 2.71 bits per heavy atom. The molecule has 0 radical (unpaired) electrons. The molecule has 7 heteroatoms. The fraction of sp³-hybridized carbons (Fsp3) is 0.529. The first-order chi connectivity index (χ1) is 11.6. The normalized spacial score (nSPS) is 23.8. The van der Waals surface area contributed by atoms with Crippen LogP contribution in [0.15, 0.2) is 18.2 Å².